The molecule has 1 saturated heterocycles. The van der Waals surface area contributed by atoms with E-state index in [1.165, 1.54) is 29.4 Å². The van der Waals surface area contributed by atoms with Crippen molar-refractivity contribution in [3.05, 3.63) is 28.2 Å². The molecule has 0 spiro atoms. The summed E-state index contributed by atoms with van der Waals surface area (Å²) in [4.78, 5) is 22.6. The van der Waals surface area contributed by atoms with E-state index in [0.29, 0.717) is 12.8 Å². The van der Waals surface area contributed by atoms with Crippen molar-refractivity contribution in [1.29, 1.82) is 0 Å². The number of nitrogens with zero attached hydrogens (tertiary/aromatic N) is 1. The molecule has 0 unspecified atom stereocenters. The van der Waals surface area contributed by atoms with E-state index in [1.54, 1.807) is 0 Å². The summed E-state index contributed by atoms with van der Waals surface area (Å²) in [6.45, 7) is 1.42. The highest BCUT2D eigenvalue weighted by Gasteiger charge is 2.34. The minimum Gasteiger partial charge on any atom is -0.457 e. The molecule has 1 aliphatic rings. The number of rotatable bonds is 5. The standard InChI is InChI=1S/C15H17Cl2NO5S/c1-10(19)9-23-15(20)11-4-6-18(7-5-11)24(21,22)14-8-12(16)2-3-13(14)17/h2-3,8,11H,4-7,9H2,1H3. The van der Waals surface area contributed by atoms with Gasteiger partial charge in [0.1, 0.15) is 11.5 Å². The van der Waals surface area contributed by atoms with Crippen molar-refractivity contribution in [2.45, 2.75) is 24.7 Å². The normalized spacial score (nSPS) is 16.8. The molecule has 0 aliphatic carbocycles. The third-order valence-electron chi connectivity index (χ3n) is 3.72. The lowest BCUT2D eigenvalue weighted by atomic mass is 9.98. The van der Waals surface area contributed by atoms with E-state index in [-0.39, 0.29) is 40.4 Å². The smallest absolute Gasteiger partial charge is 0.309 e. The molecule has 132 valence electrons. The fourth-order valence-corrected chi connectivity index (χ4v) is 4.64. The average molecular weight is 394 g/mol. The zero-order valence-electron chi connectivity index (χ0n) is 13.0. The molecule has 0 bridgehead atoms. The Morgan fingerprint density at radius 3 is 2.46 bits per heavy atom. The van der Waals surface area contributed by atoms with Gasteiger partial charge in [0.15, 0.2) is 5.78 Å². The summed E-state index contributed by atoms with van der Waals surface area (Å²) in [7, 11) is -3.78. The first kappa shape index (κ1) is 19.2. The highest BCUT2D eigenvalue weighted by molar-refractivity contribution is 7.89. The number of esters is 1. The molecule has 0 atom stereocenters. The van der Waals surface area contributed by atoms with Gasteiger partial charge in [0, 0.05) is 18.1 Å². The van der Waals surface area contributed by atoms with Crippen LogP contribution in [0.15, 0.2) is 23.1 Å². The van der Waals surface area contributed by atoms with Gasteiger partial charge in [-0.3, -0.25) is 9.59 Å². The maximum Gasteiger partial charge on any atom is 0.309 e. The third kappa shape index (κ3) is 4.47. The van der Waals surface area contributed by atoms with Gasteiger partial charge >= 0.3 is 5.97 Å². The lowest BCUT2D eigenvalue weighted by molar-refractivity contribution is -0.152. The van der Waals surface area contributed by atoms with Gasteiger partial charge in [-0.2, -0.15) is 4.31 Å². The first-order chi connectivity index (χ1) is 11.2. The van der Waals surface area contributed by atoms with Gasteiger partial charge in [0.2, 0.25) is 10.0 Å². The lowest BCUT2D eigenvalue weighted by Gasteiger charge is -2.30. The summed E-state index contributed by atoms with van der Waals surface area (Å²) in [5.74, 6) is -1.12. The molecular formula is C15H17Cl2NO5S. The number of hydrogen-bond donors (Lipinski definition) is 0. The molecule has 0 radical (unpaired) electrons. The van der Waals surface area contributed by atoms with Crippen molar-refractivity contribution in [1.82, 2.24) is 4.31 Å². The Labute approximate surface area is 150 Å². The first-order valence-electron chi connectivity index (χ1n) is 7.33. The summed E-state index contributed by atoms with van der Waals surface area (Å²) >= 11 is 11.8. The van der Waals surface area contributed by atoms with Crippen LogP contribution in [0.5, 0.6) is 0 Å². The molecule has 0 aromatic heterocycles. The Morgan fingerprint density at radius 1 is 1.25 bits per heavy atom. The first-order valence-corrected chi connectivity index (χ1v) is 9.52. The molecular weight excluding hydrogens is 377 g/mol. The van der Waals surface area contributed by atoms with Crippen LogP contribution in [0, 0.1) is 5.92 Å². The fourth-order valence-electron chi connectivity index (χ4n) is 2.44. The van der Waals surface area contributed by atoms with E-state index < -0.39 is 21.9 Å². The van der Waals surface area contributed by atoms with E-state index >= 15 is 0 Å². The summed E-state index contributed by atoms with van der Waals surface area (Å²) in [6.07, 6.45) is 0.655. The number of ether oxygens (including phenoxy) is 1. The van der Waals surface area contributed by atoms with Crippen molar-refractivity contribution in [3.63, 3.8) is 0 Å². The lowest BCUT2D eigenvalue weighted by Crippen LogP contribution is -2.40. The Morgan fingerprint density at radius 2 is 1.88 bits per heavy atom. The minimum atomic E-state index is -3.78. The second-order valence-electron chi connectivity index (χ2n) is 5.56. The monoisotopic (exact) mass is 393 g/mol. The maximum atomic E-state index is 12.7. The van der Waals surface area contributed by atoms with Crippen molar-refractivity contribution < 1.29 is 22.7 Å². The van der Waals surface area contributed by atoms with Gasteiger partial charge in [-0.15, -0.1) is 0 Å². The number of Topliss-reactive ketones (excluding diaryl/α,β-unsaturated/α-hetero) is 1. The second-order valence-corrected chi connectivity index (χ2v) is 8.31. The van der Waals surface area contributed by atoms with E-state index in [2.05, 4.69) is 0 Å². The zero-order chi connectivity index (χ0) is 17.9. The number of hydrogen-bond acceptors (Lipinski definition) is 5. The van der Waals surface area contributed by atoms with Crippen LogP contribution >= 0.6 is 23.2 Å². The molecule has 0 saturated carbocycles. The number of sulfonamides is 1. The third-order valence-corrected chi connectivity index (χ3v) is 6.33. The minimum absolute atomic E-state index is 0.0470. The number of carbonyl (C=O) groups is 2. The van der Waals surface area contributed by atoms with Gasteiger partial charge in [0.05, 0.1) is 10.9 Å². The average Bonchev–Trinajstić information content (AvgIpc) is 2.54. The maximum absolute atomic E-state index is 12.7. The molecule has 9 heteroatoms. The van der Waals surface area contributed by atoms with Crippen molar-refractivity contribution in [3.8, 4) is 0 Å². The topological polar surface area (TPSA) is 80.8 Å². The molecule has 2 rings (SSSR count). The van der Waals surface area contributed by atoms with Crippen LogP contribution in [0.3, 0.4) is 0 Å². The van der Waals surface area contributed by atoms with Gasteiger partial charge in [-0.1, -0.05) is 23.2 Å². The molecule has 0 amide bonds. The second kappa shape index (κ2) is 7.82. The van der Waals surface area contributed by atoms with Gasteiger partial charge in [-0.05, 0) is 38.0 Å². The quantitative estimate of drug-likeness (QED) is 0.717. The zero-order valence-corrected chi connectivity index (χ0v) is 15.3. The van der Waals surface area contributed by atoms with Crippen LogP contribution in [-0.4, -0.2) is 44.2 Å². The number of piperidine rings is 1. The predicted molar refractivity (Wildman–Crippen MR) is 89.6 cm³/mol. The Balaban J connectivity index is 2.04. The van der Waals surface area contributed by atoms with Crippen molar-refractivity contribution in [2.24, 2.45) is 5.92 Å². The molecule has 1 aromatic carbocycles. The summed E-state index contributed by atoms with van der Waals surface area (Å²) in [5.41, 5.74) is 0. The molecule has 1 fully saturated rings. The highest BCUT2D eigenvalue weighted by atomic mass is 35.5. The van der Waals surface area contributed by atoms with Gasteiger partial charge in [-0.25, -0.2) is 8.42 Å². The van der Waals surface area contributed by atoms with Gasteiger partial charge < -0.3 is 4.74 Å². The highest BCUT2D eigenvalue weighted by Crippen LogP contribution is 2.30. The molecule has 24 heavy (non-hydrogen) atoms. The Bertz CT molecular complexity index is 742. The van der Waals surface area contributed by atoms with E-state index in [1.807, 2.05) is 0 Å². The van der Waals surface area contributed by atoms with Crippen LogP contribution < -0.4 is 0 Å². The van der Waals surface area contributed by atoms with Crippen LogP contribution in [0.1, 0.15) is 19.8 Å². The molecule has 0 N–H and O–H groups in total. The fraction of sp³-hybridized carbons (Fsp3) is 0.467. The van der Waals surface area contributed by atoms with Crippen LogP contribution in [0.4, 0.5) is 0 Å². The number of benzene rings is 1. The SMILES string of the molecule is CC(=O)COC(=O)C1CCN(S(=O)(=O)c2cc(Cl)ccc2Cl)CC1. The molecule has 1 aliphatic heterocycles. The number of carbonyl (C=O) groups excluding carboxylic acids is 2. The largest absolute Gasteiger partial charge is 0.457 e. The molecule has 1 aromatic rings. The van der Waals surface area contributed by atoms with Crippen LogP contribution in [0.2, 0.25) is 10.0 Å². The number of halogens is 2. The Hall–Kier alpha value is -1.15. The van der Waals surface area contributed by atoms with Crippen LogP contribution in [-0.2, 0) is 24.3 Å². The molecule has 1 heterocycles. The molecule has 6 nitrogen and oxygen atoms in total. The summed E-state index contributed by atoms with van der Waals surface area (Å²) in [6, 6.07) is 4.26. The Kier molecular flexibility index (Phi) is 6.25. The van der Waals surface area contributed by atoms with Crippen molar-refractivity contribution >= 4 is 45.0 Å². The summed E-state index contributed by atoms with van der Waals surface area (Å²) < 4.78 is 31.5. The van der Waals surface area contributed by atoms with E-state index in [4.69, 9.17) is 27.9 Å². The van der Waals surface area contributed by atoms with Gasteiger partial charge in [0.25, 0.3) is 0 Å². The van der Waals surface area contributed by atoms with E-state index in [0.717, 1.165) is 0 Å². The van der Waals surface area contributed by atoms with E-state index in [9.17, 15) is 18.0 Å². The number of ketones is 1. The van der Waals surface area contributed by atoms with Crippen molar-refractivity contribution in [2.75, 3.05) is 19.7 Å². The van der Waals surface area contributed by atoms with Crippen LogP contribution in [0.25, 0.3) is 0 Å². The predicted octanol–water partition coefficient (Wildman–Crippen LogP) is 2.53. The summed E-state index contributed by atoms with van der Waals surface area (Å²) in [5, 5.41) is 0.378.